The summed E-state index contributed by atoms with van der Waals surface area (Å²) in [6.45, 7) is 2.55. The molecule has 1 rings (SSSR count). The normalized spacial score (nSPS) is 10.1. The average molecular weight is 226 g/mol. The van der Waals surface area contributed by atoms with Crippen LogP contribution in [0.3, 0.4) is 0 Å². The van der Waals surface area contributed by atoms with Gasteiger partial charge < -0.3 is 4.74 Å². The molecule has 0 aliphatic carbocycles. The molecule has 0 amide bonds. The summed E-state index contributed by atoms with van der Waals surface area (Å²) in [7, 11) is 0. The van der Waals surface area contributed by atoms with Gasteiger partial charge in [0, 0.05) is 6.61 Å². The van der Waals surface area contributed by atoms with Crippen molar-refractivity contribution < 1.29 is 9.13 Å². The molecular weight excluding hydrogens is 211 g/mol. The van der Waals surface area contributed by atoms with Crippen molar-refractivity contribution in [3.8, 4) is 0 Å². The molecule has 0 radical (unpaired) electrons. The van der Waals surface area contributed by atoms with E-state index in [1.54, 1.807) is 12.1 Å². The highest BCUT2D eigenvalue weighted by atomic mass is 19.1. The Morgan fingerprint density at radius 2 is 2.19 bits per heavy atom. The van der Waals surface area contributed by atoms with E-state index in [1.165, 1.54) is 12.1 Å². The molecule has 0 aromatic heterocycles. The molecule has 4 nitrogen and oxygen atoms in total. The van der Waals surface area contributed by atoms with Crippen molar-refractivity contribution in [2.45, 2.75) is 19.8 Å². The van der Waals surface area contributed by atoms with Gasteiger partial charge in [-0.05, 0) is 18.6 Å². The third-order valence-corrected chi connectivity index (χ3v) is 2.08. The Labute approximate surface area is 94.0 Å². The molecule has 0 spiro atoms. The number of benzene rings is 1. The maximum absolute atomic E-state index is 13.3. The molecule has 0 N–H and O–H groups in total. The van der Waals surface area contributed by atoms with Crippen LogP contribution < -0.4 is 5.01 Å². The third kappa shape index (κ3) is 3.58. The standard InChI is InChI=1S/C11H15FN2O2/c1-2-3-8-16-9-14(13-15)11-7-5-4-6-10(11)12/h4-7H,2-3,8-9H2,1H3. The molecule has 1 aromatic carbocycles. The SMILES string of the molecule is CCCCOCN(N=O)c1ccccc1F. The highest BCUT2D eigenvalue weighted by Crippen LogP contribution is 2.18. The number of para-hydroxylation sites is 1. The van der Waals surface area contributed by atoms with Gasteiger partial charge >= 0.3 is 0 Å². The van der Waals surface area contributed by atoms with E-state index in [0.29, 0.717) is 6.61 Å². The zero-order valence-electron chi connectivity index (χ0n) is 9.23. The van der Waals surface area contributed by atoms with Gasteiger partial charge in [-0.1, -0.05) is 25.5 Å². The smallest absolute Gasteiger partial charge is 0.148 e. The summed E-state index contributed by atoms with van der Waals surface area (Å²) in [6.07, 6.45) is 1.91. The molecule has 0 saturated heterocycles. The largest absolute Gasteiger partial charge is 0.359 e. The summed E-state index contributed by atoms with van der Waals surface area (Å²) in [5.41, 5.74) is 0.133. The summed E-state index contributed by atoms with van der Waals surface area (Å²) in [4.78, 5) is 10.6. The second kappa shape index (κ2) is 6.90. The van der Waals surface area contributed by atoms with Crippen molar-refractivity contribution in [1.82, 2.24) is 0 Å². The van der Waals surface area contributed by atoms with Crippen LogP contribution in [0.5, 0.6) is 0 Å². The van der Waals surface area contributed by atoms with Gasteiger partial charge in [-0.3, -0.25) is 0 Å². The van der Waals surface area contributed by atoms with Gasteiger partial charge in [-0.25, -0.2) is 9.40 Å². The maximum atomic E-state index is 13.3. The summed E-state index contributed by atoms with van der Waals surface area (Å²) >= 11 is 0. The lowest BCUT2D eigenvalue weighted by molar-refractivity contribution is 0.131. The Balaban J connectivity index is 2.54. The molecule has 0 heterocycles. The Bertz CT molecular complexity index is 334. The topological polar surface area (TPSA) is 41.9 Å². The average Bonchev–Trinajstić information content (AvgIpc) is 2.31. The van der Waals surface area contributed by atoms with Gasteiger partial charge in [0.2, 0.25) is 0 Å². The van der Waals surface area contributed by atoms with E-state index in [4.69, 9.17) is 4.74 Å². The molecule has 16 heavy (non-hydrogen) atoms. The fourth-order valence-corrected chi connectivity index (χ4v) is 1.20. The Kier molecular flexibility index (Phi) is 5.42. The zero-order valence-corrected chi connectivity index (χ0v) is 9.23. The summed E-state index contributed by atoms with van der Waals surface area (Å²) in [6, 6.07) is 5.96. The first-order valence-electron chi connectivity index (χ1n) is 5.22. The maximum Gasteiger partial charge on any atom is 0.148 e. The quantitative estimate of drug-likeness (QED) is 0.310. The lowest BCUT2D eigenvalue weighted by atomic mass is 10.3. The number of nitroso groups, excluding NO2 is 1. The highest BCUT2D eigenvalue weighted by molar-refractivity contribution is 5.46. The van der Waals surface area contributed by atoms with Gasteiger partial charge in [0.05, 0.1) is 5.29 Å². The van der Waals surface area contributed by atoms with Gasteiger partial charge in [0.15, 0.2) is 0 Å². The van der Waals surface area contributed by atoms with Crippen molar-refractivity contribution in [2.24, 2.45) is 5.29 Å². The molecule has 0 fully saturated rings. The first kappa shape index (κ1) is 12.6. The molecule has 0 bridgehead atoms. The van der Waals surface area contributed by atoms with Crippen LogP contribution in [0.25, 0.3) is 0 Å². The minimum Gasteiger partial charge on any atom is -0.359 e. The Morgan fingerprint density at radius 3 is 2.81 bits per heavy atom. The molecule has 5 heteroatoms. The monoisotopic (exact) mass is 226 g/mol. The van der Waals surface area contributed by atoms with E-state index < -0.39 is 5.82 Å². The number of rotatable bonds is 7. The van der Waals surface area contributed by atoms with E-state index in [2.05, 4.69) is 5.29 Å². The molecule has 1 aromatic rings. The van der Waals surface area contributed by atoms with Crippen molar-refractivity contribution in [3.63, 3.8) is 0 Å². The van der Waals surface area contributed by atoms with Crippen LogP contribution >= 0.6 is 0 Å². The van der Waals surface area contributed by atoms with Crippen LogP contribution in [0.1, 0.15) is 19.8 Å². The van der Waals surface area contributed by atoms with Gasteiger partial charge in [-0.15, -0.1) is 4.91 Å². The second-order valence-corrected chi connectivity index (χ2v) is 3.32. The number of halogens is 1. The molecule has 0 aliphatic rings. The summed E-state index contributed by atoms with van der Waals surface area (Å²) in [5.74, 6) is -0.485. The van der Waals surface area contributed by atoms with Gasteiger partial charge in [-0.2, -0.15) is 0 Å². The number of ether oxygens (including phenoxy) is 1. The van der Waals surface area contributed by atoms with Crippen molar-refractivity contribution >= 4 is 5.69 Å². The van der Waals surface area contributed by atoms with Crippen LogP contribution in [0, 0.1) is 10.7 Å². The summed E-state index contributed by atoms with van der Waals surface area (Å²) < 4.78 is 18.5. The van der Waals surface area contributed by atoms with Gasteiger partial charge in [0.1, 0.15) is 18.2 Å². The Morgan fingerprint density at radius 1 is 1.44 bits per heavy atom. The molecule has 88 valence electrons. The number of unbranched alkanes of at least 4 members (excludes halogenated alkanes) is 1. The minimum absolute atomic E-state index is 0.0234. The van der Waals surface area contributed by atoms with Crippen LogP contribution in [-0.2, 0) is 4.74 Å². The lowest BCUT2D eigenvalue weighted by Gasteiger charge is -2.15. The van der Waals surface area contributed by atoms with Crippen molar-refractivity contribution in [2.75, 3.05) is 18.3 Å². The lowest BCUT2D eigenvalue weighted by Crippen LogP contribution is -2.20. The minimum atomic E-state index is -0.485. The first-order valence-corrected chi connectivity index (χ1v) is 5.22. The van der Waals surface area contributed by atoms with E-state index in [9.17, 15) is 9.30 Å². The predicted octanol–water partition coefficient (Wildman–Crippen LogP) is 3.09. The molecular formula is C11H15FN2O2. The van der Waals surface area contributed by atoms with E-state index >= 15 is 0 Å². The third-order valence-electron chi connectivity index (χ3n) is 2.08. The molecule has 0 unspecified atom stereocenters. The van der Waals surface area contributed by atoms with Crippen LogP contribution in [0.15, 0.2) is 29.6 Å². The Hall–Kier alpha value is -1.49. The molecule has 0 saturated carbocycles. The van der Waals surface area contributed by atoms with E-state index in [1.807, 2.05) is 6.92 Å². The zero-order chi connectivity index (χ0) is 11.8. The number of hydrogen-bond donors (Lipinski definition) is 0. The van der Waals surface area contributed by atoms with Crippen molar-refractivity contribution in [3.05, 3.63) is 35.0 Å². The van der Waals surface area contributed by atoms with Crippen LogP contribution in [0.2, 0.25) is 0 Å². The number of hydrogen-bond acceptors (Lipinski definition) is 3. The van der Waals surface area contributed by atoms with E-state index in [0.717, 1.165) is 17.9 Å². The van der Waals surface area contributed by atoms with Crippen molar-refractivity contribution in [1.29, 1.82) is 0 Å². The second-order valence-electron chi connectivity index (χ2n) is 3.32. The fraction of sp³-hybridized carbons (Fsp3) is 0.455. The molecule has 0 aliphatic heterocycles. The number of anilines is 1. The number of nitrogens with zero attached hydrogens (tertiary/aromatic N) is 2. The van der Waals surface area contributed by atoms with Crippen LogP contribution in [0.4, 0.5) is 10.1 Å². The van der Waals surface area contributed by atoms with E-state index in [-0.39, 0.29) is 12.4 Å². The van der Waals surface area contributed by atoms with Gasteiger partial charge in [0.25, 0.3) is 0 Å². The predicted molar refractivity (Wildman–Crippen MR) is 60.4 cm³/mol. The first-order chi connectivity index (χ1) is 7.79. The fourth-order valence-electron chi connectivity index (χ4n) is 1.20. The molecule has 0 atom stereocenters. The highest BCUT2D eigenvalue weighted by Gasteiger charge is 2.10. The summed E-state index contributed by atoms with van der Waals surface area (Å²) in [5, 5.41) is 3.70. The van der Waals surface area contributed by atoms with Crippen LogP contribution in [-0.4, -0.2) is 13.3 Å².